The Hall–Kier alpha value is -2.40. The van der Waals surface area contributed by atoms with E-state index in [1.54, 1.807) is 12.3 Å². The molecule has 0 saturated heterocycles. The van der Waals surface area contributed by atoms with Crippen molar-refractivity contribution in [2.24, 2.45) is 0 Å². The average Bonchev–Trinajstić information content (AvgIpc) is 2.90. The Morgan fingerprint density at radius 2 is 2.00 bits per heavy atom. The van der Waals surface area contributed by atoms with E-state index in [4.69, 9.17) is 16.1 Å². The first-order chi connectivity index (χ1) is 9.74. The molecule has 0 aliphatic heterocycles. The molecule has 0 amide bonds. The molecular weight excluding hydrogens is 278 g/mol. The zero-order valence-corrected chi connectivity index (χ0v) is 11.1. The molecule has 1 N–H and O–H groups in total. The Balaban J connectivity index is 1.88. The third-order valence-corrected chi connectivity index (χ3v) is 3.13. The van der Waals surface area contributed by atoms with Crippen molar-refractivity contribution >= 4 is 11.6 Å². The minimum Gasteiger partial charge on any atom is -0.505 e. The van der Waals surface area contributed by atoms with Crippen LogP contribution < -0.4 is 0 Å². The van der Waals surface area contributed by atoms with Gasteiger partial charge in [0.1, 0.15) is 5.75 Å². The summed E-state index contributed by atoms with van der Waals surface area (Å²) in [6.45, 7) is 0. The van der Waals surface area contributed by atoms with Crippen molar-refractivity contribution < 1.29 is 9.63 Å². The number of hydrogen-bond acceptors (Lipinski definition) is 5. The zero-order chi connectivity index (χ0) is 13.9. The molecular formula is C14H10ClN3O2. The Morgan fingerprint density at radius 3 is 2.80 bits per heavy atom. The van der Waals surface area contributed by atoms with Crippen LogP contribution in [0, 0.1) is 0 Å². The molecule has 100 valence electrons. The Bertz CT molecular complexity index is 743. The Morgan fingerprint density at radius 1 is 1.15 bits per heavy atom. The monoisotopic (exact) mass is 287 g/mol. The summed E-state index contributed by atoms with van der Waals surface area (Å²) in [5.41, 5.74) is 1.18. The van der Waals surface area contributed by atoms with E-state index in [9.17, 15) is 5.11 Å². The number of benzene rings is 1. The van der Waals surface area contributed by atoms with Crippen molar-refractivity contribution in [3.63, 3.8) is 0 Å². The van der Waals surface area contributed by atoms with E-state index < -0.39 is 0 Å². The van der Waals surface area contributed by atoms with Gasteiger partial charge in [-0.2, -0.15) is 4.98 Å². The van der Waals surface area contributed by atoms with Crippen molar-refractivity contribution in [3.05, 3.63) is 59.0 Å². The fourth-order valence-electron chi connectivity index (χ4n) is 1.80. The highest BCUT2D eigenvalue weighted by Gasteiger charge is 2.14. The molecule has 0 spiro atoms. The van der Waals surface area contributed by atoms with Crippen LogP contribution in [0.3, 0.4) is 0 Å². The normalized spacial score (nSPS) is 10.7. The molecule has 20 heavy (non-hydrogen) atoms. The summed E-state index contributed by atoms with van der Waals surface area (Å²) in [5.74, 6) is 0.670. The van der Waals surface area contributed by atoms with Crippen molar-refractivity contribution in [3.8, 4) is 17.3 Å². The first-order valence-corrected chi connectivity index (χ1v) is 6.32. The second-order valence-electron chi connectivity index (χ2n) is 4.16. The molecule has 0 aliphatic rings. The lowest BCUT2D eigenvalue weighted by atomic mass is 10.1. The van der Waals surface area contributed by atoms with Crippen LogP contribution in [0.15, 0.2) is 47.1 Å². The van der Waals surface area contributed by atoms with Crippen molar-refractivity contribution in [2.45, 2.75) is 6.42 Å². The lowest BCUT2D eigenvalue weighted by molar-refractivity contribution is 0.416. The van der Waals surface area contributed by atoms with E-state index in [0.717, 1.165) is 5.56 Å². The predicted octanol–water partition coefficient (Wildman–Crippen LogP) is 3.08. The topological polar surface area (TPSA) is 72.0 Å². The molecule has 0 saturated carbocycles. The smallest absolute Gasteiger partial charge is 0.280 e. The summed E-state index contributed by atoms with van der Waals surface area (Å²) in [6, 6.07) is 10.6. The first-order valence-electron chi connectivity index (χ1n) is 5.94. The highest BCUT2D eigenvalue weighted by atomic mass is 35.5. The van der Waals surface area contributed by atoms with Crippen molar-refractivity contribution in [1.29, 1.82) is 0 Å². The first kappa shape index (κ1) is 12.6. The molecule has 3 rings (SSSR count). The van der Waals surface area contributed by atoms with E-state index in [2.05, 4.69) is 15.1 Å². The second kappa shape index (κ2) is 5.30. The summed E-state index contributed by atoms with van der Waals surface area (Å²) >= 11 is 6.08. The Kier molecular flexibility index (Phi) is 3.35. The van der Waals surface area contributed by atoms with Gasteiger partial charge in [-0.3, -0.25) is 0 Å². The maximum atomic E-state index is 9.70. The predicted molar refractivity (Wildman–Crippen MR) is 73.5 cm³/mol. The maximum absolute atomic E-state index is 9.70. The van der Waals surface area contributed by atoms with Gasteiger partial charge in [0.25, 0.3) is 5.89 Å². The second-order valence-corrected chi connectivity index (χ2v) is 4.56. The van der Waals surface area contributed by atoms with Gasteiger partial charge in [0.05, 0.1) is 0 Å². The third kappa shape index (κ3) is 2.48. The van der Waals surface area contributed by atoms with E-state index >= 15 is 0 Å². The molecule has 3 aromatic rings. The molecule has 0 radical (unpaired) electrons. The lowest BCUT2D eigenvalue weighted by Crippen LogP contribution is -1.92. The zero-order valence-electron chi connectivity index (χ0n) is 10.3. The van der Waals surface area contributed by atoms with Crippen LogP contribution in [0.1, 0.15) is 11.4 Å². The molecule has 0 fully saturated rings. The van der Waals surface area contributed by atoms with Gasteiger partial charge in [-0.05, 0) is 23.8 Å². The van der Waals surface area contributed by atoms with Gasteiger partial charge in [-0.1, -0.05) is 35.0 Å². The molecule has 0 bridgehead atoms. The molecule has 5 nitrogen and oxygen atoms in total. The number of nitrogens with zero attached hydrogens (tertiary/aromatic N) is 3. The summed E-state index contributed by atoms with van der Waals surface area (Å²) in [7, 11) is 0. The standard InChI is InChI=1S/C14H10ClN3O2/c15-10-5-2-1-4-9(10)8-12-17-14(20-18-12)13-11(19)6-3-7-16-13/h1-7,19H,8H2. The van der Waals surface area contributed by atoms with E-state index in [-0.39, 0.29) is 17.3 Å². The number of rotatable bonds is 3. The summed E-state index contributed by atoms with van der Waals surface area (Å²) in [5, 5.41) is 14.2. The van der Waals surface area contributed by atoms with Crippen LogP contribution in [0.5, 0.6) is 5.75 Å². The highest BCUT2D eigenvalue weighted by Crippen LogP contribution is 2.25. The molecule has 1 aromatic carbocycles. The molecule has 6 heteroatoms. The molecule has 2 aromatic heterocycles. The largest absolute Gasteiger partial charge is 0.505 e. The number of hydrogen-bond donors (Lipinski definition) is 1. The third-order valence-electron chi connectivity index (χ3n) is 2.76. The van der Waals surface area contributed by atoms with Gasteiger partial charge in [0, 0.05) is 17.6 Å². The van der Waals surface area contributed by atoms with Gasteiger partial charge in [0.15, 0.2) is 11.5 Å². The lowest BCUT2D eigenvalue weighted by Gasteiger charge is -1.99. The van der Waals surface area contributed by atoms with Crippen LogP contribution in [-0.2, 0) is 6.42 Å². The fraction of sp³-hybridized carbons (Fsp3) is 0.0714. The van der Waals surface area contributed by atoms with Crippen LogP contribution in [0.2, 0.25) is 5.02 Å². The number of halogens is 1. The number of aromatic nitrogens is 3. The quantitative estimate of drug-likeness (QED) is 0.801. The van der Waals surface area contributed by atoms with E-state index in [1.165, 1.54) is 6.07 Å². The summed E-state index contributed by atoms with van der Waals surface area (Å²) in [4.78, 5) is 8.23. The van der Waals surface area contributed by atoms with Gasteiger partial charge in [0.2, 0.25) is 0 Å². The van der Waals surface area contributed by atoms with Crippen LogP contribution in [0.4, 0.5) is 0 Å². The summed E-state index contributed by atoms with van der Waals surface area (Å²) in [6.07, 6.45) is 2.00. The van der Waals surface area contributed by atoms with Gasteiger partial charge in [-0.15, -0.1) is 0 Å². The van der Waals surface area contributed by atoms with Gasteiger partial charge in [-0.25, -0.2) is 4.98 Å². The number of aromatic hydroxyl groups is 1. The number of pyridine rings is 1. The van der Waals surface area contributed by atoms with Gasteiger partial charge < -0.3 is 9.63 Å². The molecule has 0 aliphatic carbocycles. The van der Waals surface area contributed by atoms with Crippen LogP contribution >= 0.6 is 11.6 Å². The van der Waals surface area contributed by atoms with E-state index in [1.807, 2.05) is 24.3 Å². The minimum atomic E-state index is 0.000411. The fourth-order valence-corrected chi connectivity index (χ4v) is 2.00. The SMILES string of the molecule is Oc1cccnc1-c1nc(Cc2ccccc2Cl)no1. The highest BCUT2D eigenvalue weighted by molar-refractivity contribution is 6.31. The molecule has 0 atom stereocenters. The minimum absolute atomic E-state index is 0.000411. The van der Waals surface area contributed by atoms with E-state index in [0.29, 0.717) is 17.3 Å². The Labute approximate surface area is 119 Å². The van der Waals surface area contributed by atoms with Crippen molar-refractivity contribution in [1.82, 2.24) is 15.1 Å². The van der Waals surface area contributed by atoms with Crippen LogP contribution in [0.25, 0.3) is 11.6 Å². The average molecular weight is 288 g/mol. The maximum Gasteiger partial charge on any atom is 0.280 e. The van der Waals surface area contributed by atoms with Crippen LogP contribution in [-0.4, -0.2) is 20.2 Å². The molecule has 0 unspecified atom stereocenters. The molecule has 2 heterocycles. The van der Waals surface area contributed by atoms with Gasteiger partial charge >= 0.3 is 0 Å². The summed E-state index contributed by atoms with van der Waals surface area (Å²) < 4.78 is 5.12. The van der Waals surface area contributed by atoms with Crippen molar-refractivity contribution in [2.75, 3.05) is 0 Å².